The molecule has 0 bridgehead atoms. The maximum atomic E-state index is 5.83. The van der Waals surface area contributed by atoms with Gasteiger partial charge in [-0.15, -0.1) is 0 Å². The van der Waals surface area contributed by atoms with Gasteiger partial charge in [0.2, 0.25) is 0 Å². The summed E-state index contributed by atoms with van der Waals surface area (Å²) in [5, 5.41) is 0. The van der Waals surface area contributed by atoms with Crippen molar-refractivity contribution in [2.75, 3.05) is 18.0 Å². The van der Waals surface area contributed by atoms with Gasteiger partial charge in [-0.25, -0.2) is 0 Å². The van der Waals surface area contributed by atoms with E-state index in [4.69, 9.17) is 18.0 Å². The summed E-state index contributed by atoms with van der Waals surface area (Å²) in [4.78, 5) is 7.28. The van der Waals surface area contributed by atoms with Crippen LogP contribution in [0.5, 0.6) is 0 Å². The molecule has 1 saturated heterocycles. The molecule has 1 unspecified atom stereocenters. The summed E-state index contributed by atoms with van der Waals surface area (Å²) in [6.07, 6.45) is 1.23. The van der Waals surface area contributed by atoms with Crippen LogP contribution >= 0.6 is 12.2 Å². The van der Waals surface area contributed by atoms with E-state index in [1.807, 2.05) is 13.8 Å². The summed E-state index contributed by atoms with van der Waals surface area (Å²) in [7, 11) is 0. The highest BCUT2D eigenvalue weighted by atomic mass is 32.1. The second-order valence-corrected chi connectivity index (χ2v) is 5.39. The maximum absolute atomic E-state index is 5.83. The van der Waals surface area contributed by atoms with Gasteiger partial charge in [-0.1, -0.05) is 19.1 Å². The second-order valence-electron chi connectivity index (χ2n) is 4.95. The van der Waals surface area contributed by atoms with E-state index in [1.165, 1.54) is 6.42 Å². The van der Waals surface area contributed by atoms with E-state index in [-0.39, 0.29) is 0 Å². The van der Waals surface area contributed by atoms with Crippen molar-refractivity contribution in [1.82, 2.24) is 4.98 Å². The first-order chi connectivity index (χ1) is 7.99. The molecule has 1 fully saturated rings. The van der Waals surface area contributed by atoms with Crippen LogP contribution in [0, 0.1) is 19.8 Å². The largest absolute Gasteiger partial charge is 0.389 e. The number of anilines is 1. The van der Waals surface area contributed by atoms with E-state index < -0.39 is 0 Å². The minimum absolute atomic E-state index is 0.449. The van der Waals surface area contributed by atoms with Gasteiger partial charge in [-0.05, 0) is 32.3 Å². The molecule has 1 aliphatic heterocycles. The smallest absolute Gasteiger partial charge is 0.107 e. The van der Waals surface area contributed by atoms with Crippen LogP contribution < -0.4 is 10.6 Å². The van der Waals surface area contributed by atoms with Crippen LogP contribution in [-0.4, -0.2) is 23.1 Å². The first-order valence-electron chi connectivity index (χ1n) is 6.02. The Hall–Kier alpha value is -1.16. The minimum Gasteiger partial charge on any atom is -0.389 e. The number of nitrogens with two attached hydrogens (primary N) is 1. The number of rotatable bonds is 2. The highest BCUT2D eigenvalue weighted by Gasteiger charge is 2.23. The molecule has 1 atom stereocenters. The Morgan fingerprint density at radius 2 is 2.24 bits per heavy atom. The van der Waals surface area contributed by atoms with Crippen LogP contribution in [0.2, 0.25) is 0 Å². The Balaban J connectivity index is 2.47. The number of aryl methyl sites for hydroxylation is 2. The molecular formula is C13H19N3S. The van der Waals surface area contributed by atoms with Crippen molar-refractivity contribution < 1.29 is 0 Å². The Morgan fingerprint density at radius 1 is 1.53 bits per heavy atom. The third kappa shape index (κ3) is 2.41. The van der Waals surface area contributed by atoms with Crippen LogP contribution in [0.1, 0.15) is 30.3 Å². The van der Waals surface area contributed by atoms with Gasteiger partial charge in [-0.3, -0.25) is 4.98 Å². The topological polar surface area (TPSA) is 42.1 Å². The maximum Gasteiger partial charge on any atom is 0.107 e. The van der Waals surface area contributed by atoms with Gasteiger partial charge >= 0.3 is 0 Å². The summed E-state index contributed by atoms with van der Waals surface area (Å²) < 4.78 is 0. The Kier molecular flexibility index (Phi) is 3.33. The van der Waals surface area contributed by atoms with Crippen LogP contribution in [0.3, 0.4) is 0 Å². The van der Waals surface area contributed by atoms with Crippen LogP contribution in [0.4, 0.5) is 5.69 Å². The summed E-state index contributed by atoms with van der Waals surface area (Å²) >= 11 is 5.16. The molecule has 2 heterocycles. The van der Waals surface area contributed by atoms with Gasteiger partial charge in [0.05, 0.1) is 11.3 Å². The average Bonchev–Trinajstić information content (AvgIpc) is 2.62. The van der Waals surface area contributed by atoms with Gasteiger partial charge in [0.25, 0.3) is 0 Å². The standard InChI is InChI=1S/C13H19N3S/c1-8-4-5-16(7-8)11-6-9(2)15-10(3)12(11)13(14)17/h6,8H,4-5,7H2,1-3H3,(H2,14,17). The lowest BCUT2D eigenvalue weighted by Crippen LogP contribution is -2.25. The van der Waals surface area contributed by atoms with E-state index in [9.17, 15) is 0 Å². The van der Waals surface area contributed by atoms with Crippen molar-refractivity contribution in [2.24, 2.45) is 11.7 Å². The zero-order valence-corrected chi connectivity index (χ0v) is 11.5. The van der Waals surface area contributed by atoms with Crippen molar-refractivity contribution in [3.8, 4) is 0 Å². The molecule has 1 aromatic heterocycles. The molecule has 0 radical (unpaired) electrons. The molecule has 4 heteroatoms. The van der Waals surface area contributed by atoms with Crippen molar-refractivity contribution in [2.45, 2.75) is 27.2 Å². The molecular weight excluding hydrogens is 230 g/mol. The molecule has 2 rings (SSSR count). The molecule has 2 N–H and O–H groups in total. The molecule has 3 nitrogen and oxygen atoms in total. The normalized spacial score (nSPS) is 19.7. The summed E-state index contributed by atoms with van der Waals surface area (Å²) in [6.45, 7) is 8.43. The van der Waals surface area contributed by atoms with Crippen molar-refractivity contribution >= 4 is 22.9 Å². The van der Waals surface area contributed by atoms with E-state index in [0.717, 1.165) is 41.6 Å². The summed E-state index contributed by atoms with van der Waals surface area (Å²) in [6, 6.07) is 2.10. The van der Waals surface area contributed by atoms with Crippen LogP contribution in [-0.2, 0) is 0 Å². The summed E-state index contributed by atoms with van der Waals surface area (Å²) in [5.41, 5.74) is 9.90. The van der Waals surface area contributed by atoms with E-state index in [2.05, 4.69) is 22.9 Å². The Bertz CT molecular complexity index is 456. The average molecular weight is 249 g/mol. The molecule has 1 aromatic rings. The van der Waals surface area contributed by atoms with Gasteiger partial charge in [0, 0.05) is 24.5 Å². The molecule has 0 spiro atoms. The molecule has 17 heavy (non-hydrogen) atoms. The number of thiocarbonyl (C=S) groups is 1. The molecule has 0 amide bonds. The van der Waals surface area contributed by atoms with Gasteiger partial charge in [0.1, 0.15) is 4.99 Å². The highest BCUT2D eigenvalue weighted by molar-refractivity contribution is 7.80. The fourth-order valence-electron chi connectivity index (χ4n) is 2.52. The van der Waals surface area contributed by atoms with Gasteiger partial charge in [0.15, 0.2) is 0 Å². The number of aromatic nitrogens is 1. The third-order valence-corrected chi connectivity index (χ3v) is 3.52. The van der Waals surface area contributed by atoms with Crippen LogP contribution in [0.25, 0.3) is 0 Å². The second kappa shape index (κ2) is 4.61. The number of nitrogens with zero attached hydrogens (tertiary/aromatic N) is 2. The summed E-state index contributed by atoms with van der Waals surface area (Å²) in [5.74, 6) is 0.739. The van der Waals surface area contributed by atoms with Crippen LogP contribution in [0.15, 0.2) is 6.07 Å². The van der Waals surface area contributed by atoms with Gasteiger partial charge in [-0.2, -0.15) is 0 Å². The number of hydrogen-bond acceptors (Lipinski definition) is 3. The molecule has 1 aliphatic rings. The minimum atomic E-state index is 0.449. The first-order valence-corrected chi connectivity index (χ1v) is 6.43. The lowest BCUT2D eigenvalue weighted by Gasteiger charge is -2.23. The fraction of sp³-hybridized carbons (Fsp3) is 0.538. The third-order valence-electron chi connectivity index (χ3n) is 3.32. The molecule has 92 valence electrons. The lowest BCUT2D eigenvalue weighted by molar-refractivity contribution is 0.659. The zero-order valence-electron chi connectivity index (χ0n) is 10.7. The Morgan fingerprint density at radius 3 is 2.76 bits per heavy atom. The number of hydrogen-bond donors (Lipinski definition) is 1. The lowest BCUT2D eigenvalue weighted by atomic mass is 10.1. The van der Waals surface area contributed by atoms with Crippen molar-refractivity contribution in [3.63, 3.8) is 0 Å². The van der Waals surface area contributed by atoms with Crippen molar-refractivity contribution in [3.05, 3.63) is 23.0 Å². The van der Waals surface area contributed by atoms with E-state index in [1.54, 1.807) is 0 Å². The quantitative estimate of drug-likeness (QED) is 0.816. The van der Waals surface area contributed by atoms with Crippen molar-refractivity contribution in [1.29, 1.82) is 0 Å². The molecule has 0 aromatic carbocycles. The SMILES string of the molecule is Cc1cc(N2CCC(C)C2)c(C(N)=S)c(C)n1. The Labute approximate surface area is 108 Å². The zero-order chi connectivity index (χ0) is 12.6. The van der Waals surface area contributed by atoms with E-state index in [0.29, 0.717) is 4.99 Å². The predicted molar refractivity (Wildman–Crippen MR) is 75.6 cm³/mol. The number of pyridine rings is 1. The van der Waals surface area contributed by atoms with E-state index >= 15 is 0 Å². The van der Waals surface area contributed by atoms with Gasteiger partial charge < -0.3 is 10.6 Å². The highest BCUT2D eigenvalue weighted by Crippen LogP contribution is 2.29. The predicted octanol–water partition coefficient (Wildman–Crippen LogP) is 2.18. The molecule has 0 aliphatic carbocycles. The fourth-order valence-corrected chi connectivity index (χ4v) is 2.77. The monoisotopic (exact) mass is 249 g/mol. The molecule has 0 saturated carbocycles. The first kappa shape index (κ1) is 12.3.